The number of nitrogens with zero attached hydrogens (tertiary/aromatic N) is 1. The second-order valence-electron chi connectivity index (χ2n) is 9.38. The molecule has 0 aromatic rings. The van der Waals surface area contributed by atoms with Crippen LogP contribution in [0.25, 0.3) is 0 Å². The summed E-state index contributed by atoms with van der Waals surface area (Å²) < 4.78 is 11.7. The molecule has 0 heterocycles. The largest absolute Gasteiger partial charge is 0.461 e. The van der Waals surface area contributed by atoms with Crippen LogP contribution in [0.4, 0.5) is 0 Å². The van der Waals surface area contributed by atoms with E-state index < -0.39 is 6.10 Å². The first-order valence-electron chi connectivity index (χ1n) is 12.0. The van der Waals surface area contributed by atoms with E-state index in [2.05, 4.69) is 13.5 Å². The summed E-state index contributed by atoms with van der Waals surface area (Å²) in [6.45, 7) is 6.70. The molecule has 0 spiro atoms. The highest BCUT2D eigenvalue weighted by atomic mass is 16.6. The first-order chi connectivity index (χ1) is 14.3. The van der Waals surface area contributed by atoms with Gasteiger partial charge in [0, 0.05) is 12.8 Å². The van der Waals surface area contributed by atoms with Crippen LogP contribution in [0.15, 0.2) is 12.7 Å². The molecule has 0 saturated heterocycles. The number of hydrogen-bond acceptors (Lipinski definition) is 4. The monoisotopic (exact) mass is 426 g/mol. The van der Waals surface area contributed by atoms with E-state index in [1.165, 1.54) is 38.5 Å². The van der Waals surface area contributed by atoms with Crippen molar-refractivity contribution in [1.29, 1.82) is 0 Å². The summed E-state index contributed by atoms with van der Waals surface area (Å²) in [5, 5.41) is 0. The fraction of sp³-hybridized carbons (Fsp3) is 0.840. The third-order valence-corrected chi connectivity index (χ3v) is 5.00. The summed E-state index contributed by atoms with van der Waals surface area (Å²) >= 11 is 0. The first-order valence-corrected chi connectivity index (χ1v) is 12.0. The van der Waals surface area contributed by atoms with Crippen molar-refractivity contribution in [2.24, 2.45) is 0 Å². The molecule has 30 heavy (non-hydrogen) atoms. The van der Waals surface area contributed by atoms with Crippen molar-refractivity contribution in [3.8, 4) is 0 Å². The fourth-order valence-corrected chi connectivity index (χ4v) is 3.38. The highest BCUT2D eigenvalue weighted by molar-refractivity contribution is 5.70. The van der Waals surface area contributed by atoms with Gasteiger partial charge in [-0.25, -0.2) is 0 Å². The van der Waals surface area contributed by atoms with E-state index in [0.29, 0.717) is 23.9 Å². The molecule has 0 aliphatic rings. The van der Waals surface area contributed by atoms with Crippen molar-refractivity contribution in [1.82, 2.24) is 0 Å². The Labute approximate surface area is 185 Å². The van der Waals surface area contributed by atoms with Crippen molar-refractivity contribution < 1.29 is 23.5 Å². The van der Waals surface area contributed by atoms with Crippen LogP contribution in [0, 0.1) is 0 Å². The van der Waals surface area contributed by atoms with Crippen LogP contribution in [0.5, 0.6) is 0 Å². The SMILES string of the molecule is C=CCCCCCCCC(=O)OC(COC(=O)CCCCCCCC)C[N+](C)(C)C. The summed E-state index contributed by atoms with van der Waals surface area (Å²) in [5.41, 5.74) is 0. The second-order valence-corrected chi connectivity index (χ2v) is 9.38. The Morgan fingerprint density at radius 1 is 0.833 bits per heavy atom. The lowest BCUT2D eigenvalue weighted by Crippen LogP contribution is -2.45. The molecule has 0 rings (SSSR count). The fourth-order valence-electron chi connectivity index (χ4n) is 3.38. The molecule has 0 aromatic carbocycles. The topological polar surface area (TPSA) is 52.6 Å². The number of likely N-dealkylation sites (N-methyl/N-ethyl adjacent to an activating group) is 1. The lowest BCUT2D eigenvalue weighted by Gasteiger charge is -2.28. The van der Waals surface area contributed by atoms with Crippen LogP contribution in [0.3, 0.4) is 0 Å². The minimum absolute atomic E-state index is 0.150. The lowest BCUT2D eigenvalue weighted by atomic mass is 10.1. The maximum absolute atomic E-state index is 12.2. The third-order valence-electron chi connectivity index (χ3n) is 5.00. The van der Waals surface area contributed by atoms with Crippen molar-refractivity contribution in [3.63, 3.8) is 0 Å². The zero-order valence-corrected chi connectivity index (χ0v) is 20.3. The Hall–Kier alpha value is -1.36. The molecule has 1 atom stereocenters. The van der Waals surface area contributed by atoms with Gasteiger partial charge in [-0.05, 0) is 25.7 Å². The van der Waals surface area contributed by atoms with Crippen LogP contribution >= 0.6 is 0 Å². The van der Waals surface area contributed by atoms with Crippen molar-refractivity contribution in [3.05, 3.63) is 12.7 Å². The maximum atomic E-state index is 12.2. The van der Waals surface area contributed by atoms with Crippen molar-refractivity contribution >= 4 is 11.9 Å². The number of carbonyl (C=O) groups excluding carboxylic acids is 2. The zero-order chi connectivity index (χ0) is 22.7. The van der Waals surface area contributed by atoms with Gasteiger partial charge in [0.15, 0.2) is 6.10 Å². The van der Waals surface area contributed by atoms with Gasteiger partial charge in [0.1, 0.15) is 13.2 Å². The number of hydrogen-bond donors (Lipinski definition) is 0. The van der Waals surface area contributed by atoms with E-state index in [1.54, 1.807) is 0 Å². The zero-order valence-electron chi connectivity index (χ0n) is 20.3. The second kappa shape index (κ2) is 18.4. The molecule has 0 aliphatic heterocycles. The van der Waals surface area contributed by atoms with Gasteiger partial charge in [0.05, 0.1) is 21.1 Å². The Morgan fingerprint density at radius 2 is 1.37 bits per heavy atom. The predicted octanol–water partition coefficient (Wildman–Crippen LogP) is 5.81. The molecule has 0 fully saturated rings. The van der Waals surface area contributed by atoms with E-state index in [1.807, 2.05) is 27.2 Å². The van der Waals surface area contributed by atoms with Gasteiger partial charge in [0.25, 0.3) is 0 Å². The molecule has 1 unspecified atom stereocenters. The summed E-state index contributed by atoms with van der Waals surface area (Å²) in [5.74, 6) is -0.376. The smallest absolute Gasteiger partial charge is 0.306 e. The van der Waals surface area contributed by atoms with Gasteiger partial charge >= 0.3 is 11.9 Å². The maximum Gasteiger partial charge on any atom is 0.306 e. The molecule has 0 N–H and O–H groups in total. The van der Waals surface area contributed by atoms with E-state index >= 15 is 0 Å². The average Bonchev–Trinajstić information content (AvgIpc) is 2.67. The highest BCUT2D eigenvalue weighted by Crippen LogP contribution is 2.11. The molecule has 0 amide bonds. The predicted molar refractivity (Wildman–Crippen MR) is 124 cm³/mol. The summed E-state index contributed by atoms with van der Waals surface area (Å²) in [6, 6.07) is 0. The average molecular weight is 427 g/mol. The van der Waals surface area contributed by atoms with Gasteiger partial charge in [-0.15, -0.1) is 6.58 Å². The molecule has 176 valence electrons. The van der Waals surface area contributed by atoms with Crippen molar-refractivity contribution in [2.45, 2.75) is 103 Å². The molecule has 0 aromatic heterocycles. The molecule has 0 saturated carbocycles. The number of carbonyl (C=O) groups is 2. The van der Waals surface area contributed by atoms with E-state index in [9.17, 15) is 9.59 Å². The standard InChI is InChI=1S/C25H48NO4/c1-6-8-10-12-14-16-18-20-25(28)30-23(21-26(3,4)5)22-29-24(27)19-17-15-13-11-9-7-2/h6,23H,1,7-22H2,2-5H3/q+1. The van der Waals surface area contributed by atoms with Gasteiger partial charge in [-0.2, -0.15) is 0 Å². The Bertz CT molecular complexity index is 457. The highest BCUT2D eigenvalue weighted by Gasteiger charge is 2.23. The van der Waals surface area contributed by atoms with Gasteiger partial charge in [-0.3, -0.25) is 9.59 Å². The molecule has 5 heteroatoms. The Balaban J connectivity index is 4.13. The van der Waals surface area contributed by atoms with E-state index in [-0.39, 0.29) is 18.5 Å². The molecule has 0 radical (unpaired) electrons. The summed E-state index contributed by atoms with van der Waals surface area (Å²) in [7, 11) is 6.13. The first kappa shape index (κ1) is 28.6. The van der Waals surface area contributed by atoms with Crippen LogP contribution in [-0.2, 0) is 19.1 Å². The molecule has 0 bridgehead atoms. The van der Waals surface area contributed by atoms with Gasteiger partial charge in [-0.1, -0.05) is 64.4 Å². The third kappa shape index (κ3) is 19.9. The minimum Gasteiger partial charge on any atom is -0.461 e. The van der Waals surface area contributed by atoms with Gasteiger partial charge < -0.3 is 14.0 Å². The summed E-state index contributed by atoms with van der Waals surface area (Å²) in [4.78, 5) is 24.3. The molecular weight excluding hydrogens is 378 g/mol. The van der Waals surface area contributed by atoms with Crippen LogP contribution in [0.2, 0.25) is 0 Å². The number of quaternary nitrogens is 1. The number of unbranched alkanes of at least 4 members (excludes halogenated alkanes) is 10. The number of rotatable bonds is 20. The quantitative estimate of drug-likeness (QED) is 0.107. The Kier molecular flexibility index (Phi) is 17.6. The van der Waals surface area contributed by atoms with Crippen LogP contribution in [0.1, 0.15) is 96.8 Å². The number of ether oxygens (including phenoxy) is 2. The molecule has 5 nitrogen and oxygen atoms in total. The van der Waals surface area contributed by atoms with Gasteiger partial charge in [0.2, 0.25) is 0 Å². The number of esters is 2. The molecule has 0 aliphatic carbocycles. The van der Waals surface area contributed by atoms with Crippen LogP contribution < -0.4 is 0 Å². The van der Waals surface area contributed by atoms with E-state index in [4.69, 9.17) is 9.47 Å². The normalized spacial score (nSPS) is 12.4. The summed E-state index contributed by atoms with van der Waals surface area (Å²) in [6.07, 6.45) is 15.7. The van der Waals surface area contributed by atoms with Crippen molar-refractivity contribution in [2.75, 3.05) is 34.3 Å². The van der Waals surface area contributed by atoms with Crippen LogP contribution in [-0.4, -0.2) is 56.8 Å². The molecular formula is C25H48NO4+. The minimum atomic E-state index is -0.390. The Morgan fingerprint density at radius 3 is 1.93 bits per heavy atom. The lowest BCUT2D eigenvalue weighted by molar-refractivity contribution is -0.873. The van der Waals surface area contributed by atoms with E-state index in [0.717, 1.165) is 38.5 Å². The number of allylic oxidation sites excluding steroid dienone is 1.